The summed E-state index contributed by atoms with van der Waals surface area (Å²) in [6.07, 6.45) is 5.06. The van der Waals surface area contributed by atoms with Crippen LogP contribution in [0.5, 0.6) is 0 Å². The summed E-state index contributed by atoms with van der Waals surface area (Å²) < 4.78 is 3.16. The SMILES string of the molecule is Cc1c(NC(=O)C(Cc2ccccc2)N2C(=O)C3C4C=CC(C4)C3C2=O)c(=O)n(-c2ccccc2)n1C. The summed E-state index contributed by atoms with van der Waals surface area (Å²) in [5.41, 5.74) is 1.82. The van der Waals surface area contributed by atoms with Crippen LogP contribution in [0.1, 0.15) is 17.7 Å². The molecule has 3 aliphatic rings. The van der Waals surface area contributed by atoms with E-state index in [2.05, 4.69) is 5.32 Å². The Balaban J connectivity index is 1.36. The van der Waals surface area contributed by atoms with Gasteiger partial charge in [0, 0.05) is 13.5 Å². The summed E-state index contributed by atoms with van der Waals surface area (Å²) in [4.78, 5) is 55.6. The Morgan fingerprint density at radius 1 is 0.919 bits per heavy atom. The molecule has 8 heteroatoms. The Morgan fingerprint density at radius 2 is 1.49 bits per heavy atom. The molecule has 3 aromatic rings. The van der Waals surface area contributed by atoms with E-state index < -0.39 is 23.8 Å². The summed E-state index contributed by atoms with van der Waals surface area (Å²) in [5.74, 6) is -1.82. The fraction of sp³-hybridized carbons (Fsp3) is 0.310. The fourth-order valence-corrected chi connectivity index (χ4v) is 6.29. The molecule has 2 aromatic carbocycles. The van der Waals surface area contributed by atoms with Crippen molar-refractivity contribution in [3.63, 3.8) is 0 Å². The number of hydrogen-bond acceptors (Lipinski definition) is 4. The van der Waals surface area contributed by atoms with Crippen molar-refractivity contribution in [2.45, 2.75) is 25.8 Å². The number of carbonyl (C=O) groups excluding carboxylic acids is 3. The van der Waals surface area contributed by atoms with Gasteiger partial charge in [0.25, 0.3) is 5.56 Å². The molecule has 8 nitrogen and oxygen atoms in total. The smallest absolute Gasteiger partial charge is 0.295 e. The minimum absolute atomic E-state index is 0.0475. The van der Waals surface area contributed by atoms with Crippen molar-refractivity contribution < 1.29 is 14.4 Å². The Labute approximate surface area is 214 Å². The number of fused-ring (bicyclic) bond motifs is 5. The van der Waals surface area contributed by atoms with Gasteiger partial charge in [-0.05, 0) is 42.9 Å². The van der Waals surface area contributed by atoms with E-state index in [1.54, 1.807) is 18.7 Å². The number of allylic oxidation sites excluding steroid dienone is 2. The Kier molecular flexibility index (Phi) is 5.47. The van der Waals surface area contributed by atoms with E-state index in [4.69, 9.17) is 0 Å². The molecule has 2 bridgehead atoms. The molecule has 3 amide bonds. The highest BCUT2D eigenvalue weighted by molar-refractivity contribution is 6.11. The molecule has 0 spiro atoms. The first-order valence-corrected chi connectivity index (χ1v) is 12.6. The summed E-state index contributed by atoms with van der Waals surface area (Å²) >= 11 is 0. The number of amides is 3. The van der Waals surface area contributed by atoms with Crippen LogP contribution in [0.3, 0.4) is 0 Å². The summed E-state index contributed by atoms with van der Waals surface area (Å²) in [5, 5.41) is 2.80. The van der Waals surface area contributed by atoms with E-state index in [1.165, 1.54) is 9.58 Å². The number of imide groups is 1. The van der Waals surface area contributed by atoms with Crippen molar-refractivity contribution in [3.8, 4) is 5.69 Å². The Hall–Kier alpha value is -4.20. The summed E-state index contributed by atoms with van der Waals surface area (Å²) in [7, 11) is 1.75. The number of benzene rings is 2. The van der Waals surface area contributed by atoms with E-state index in [1.807, 2.05) is 72.8 Å². The molecular formula is C29H28N4O4. The van der Waals surface area contributed by atoms with E-state index in [0.717, 1.165) is 12.0 Å². The maximum absolute atomic E-state index is 13.8. The van der Waals surface area contributed by atoms with Gasteiger partial charge < -0.3 is 5.32 Å². The molecule has 6 rings (SSSR count). The molecule has 1 saturated carbocycles. The van der Waals surface area contributed by atoms with Crippen LogP contribution in [0, 0.1) is 30.6 Å². The average Bonchev–Trinajstić information content (AvgIpc) is 3.64. The lowest BCUT2D eigenvalue weighted by molar-refractivity contribution is -0.147. The average molecular weight is 497 g/mol. The molecule has 5 atom stereocenters. The van der Waals surface area contributed by atoms with Gasteiger partial charge in [-0.2, -0.15) is 0 Å². The van der Waals surface area contributed by atoms with Gasteiger partial charge in [0.1, 0.15) is 11.7 Å². The maximum atomic E-state index is 13.8. The third kappa shape index (κ3) is 3.58. The van der Waals surface area contributed by atoms with Crippen LogP contribution in [-0.2, 0) is 27.9 Å². The standard InChI is InChI=1S/C29H28N4O4/c1-17-25(29(37)33(31(17)2)21-11-7-4-8-12-21)30-26(34)22(15-18-9-5-3-6-10-18)32-27(35)23-19-13-14-20(16-19)24(23)28(32)36/h3-14,19-20,22-24H,15-16H2,1-2H3,(H,30,34). The Morgan fingerprint density at radius 3 is 2.08 bits per heavy atom. The number of para-hydroxylation sites is 1. The van der Waals surface area contributed by atoms with Crippen LogP contribution in [0.25, 0.3) is 5.69 Å². The zero-order valence-electron chi connectivity index (χ0n) is 20.7. The van der Waals surface area contributed by atoms with Crippen LogP contribution in [0.15, 0.2) is 77.6 Å². The lowest BCUT2D eigenvalue weighted by Gasteiger charge is -2.27. The third-order valence-corrected chi connectivity index (χ3v) is 8.19. The van der Waals surface area contributed by atoms with E-state index in [9.17, 15) is 19.2 Å². The van der Waals surface area contributed by atoms with Crippen molar-refractivity contribution in [1.29, 1.82) is 0 Å². The van der Waals surface area contributed by atoms with E-state index in [0.29, 0.717) is 11.4 Å². The highest BCUT2D eigenvalue weighted by Crippen LogP contribution is 2.53. The highest BCUT2D eigenvalue weighted by Gasteiger charge is 2.61. The molecule has 2 fully saturated rings. The minimum atomic E-state index is -1.06. The third-order valence-electron chi connectivity index (χ3n) is 8.19. The lowest BCUT2D eigenvalue weighted by Crippen LogP contribution is -2.50. The first kappa shape index (κ1) is 23.2. The van der Waals surface area contributed by atoms with Crippen molar-refractivity contribution in [1.82, 2.24) is 14.3 Å². The van der Waals surface area contributed by atoms with Gasteiger partial charge in [-0.3, -0.25) is 28.8 Å². The van der Waals surface area contributed by atoms with Crippen LogP contribution >= 0.6 is 0 Å². The zero-order chi connectivity index (χ0) is 25.8. The van der Waals surface area contributed by atoms with E-state index >= 15 is 0 Å². The van der Waals surface area contributed by atoms with Crippen molar-refractivity contribution in [2.24, 2.45) is 30.7 Å². The maximum Gasteiger partial charge on any atom is 0.295 e. The van der Waals surface area contributed by atoms with Crippen LogP contribution in [-0.4, -0.2) is 38.0 Å². The fourth-order valence-electron chi connectivity index (χ4n) is 6.29. The van der Waals surface area contributed by atoms with Gasteiger partial charge in [0.15, 0.2) is 0 Å². The van der Waals surface area contributed by atoms with Gasteiger partial charge >= 0.3 is 0 Å². The number of likely N-dealkylation sites (tertiary alicyclic amines) is 1. The summed E-state index contributed by atoms with van der Waals surface area (Å²) in [6.45, 7) is 1.75. The number of rotatable bonds is 6. The molecule has 1 N–H and O–H groups in total. The monoisotopic (exact) mass is 496 g/mol. The second-order valence-corrected chi connectivity index (χ2v) is 10.2. The Bertz CT molecular complexity index is 1460. The molecule has 1 aromatic heterocycles. The molecule has 37 heavy (non-hydrogen) atoms. The largest absolute Gasteiger partial charge is 0.318 e. The van der Waals surface area contributed by atoms with Gasteiger partial charge in [0.05, 0.1) is 23.2 Å². The van der Waals surface area contributed by atoms with Crippen LogP contribution in [0.2, 0.25) is 0 Å². The molecule has 0 radical (unpaired) electrons. The van der Waals surface area contributed by atoms with Crippen molar-refractivity contribution in [2.75, 3.05) is 5.32 Å². The molecule has 1 aliphatic heterocycles. The van der Waals surface area contributed by atoms with Crippen LogP contribution in [0.4, 0.5) is 5.69 Å². The topological polar surface area (TPSA) is 93.4 Å². The molecule has 5 unspecified atom stereocenters. The van der Waals surface area contributed by atoms with Crippen molar-refractivity contribution in [3.05, 3.63) is 94.4 Å². The number of carbonyl (C=O) groups is 3. The number of nitrogens with one attached hydrogen (secondary N) is 1. The number of anilines is 1. The lowest BCUT2D eigenvalue weighted by atomic mass is 9.85. The van der Waals surface area contributed by atoms with Gasteiger partial charge in [-0.25, -0.2) is 4.68 Å². The minimum Gasteiger partial charge on any atom is -0.318 e. The first-order valence-electron chi connectivity index (χ1n) is 12.6. The van der Waals surface area contributed by atoms with Gasteiger partial charge in [0.2, 0.25) is 17.7 Å². The normalized spacial score (nSPS) is 24.5. The van der Waals surface area contributed by atoms with Gasteiger partial charge in [-0.15, -0.1) is 0 Å². The molecular weight excluding hydrogens is 468 g/mol. The predicted octanol–water partition coefficient (Wildman–Crippen LogP) is 2.84. The number of nitrogens with zero attached hydrogens (tertiary/aromatic N) is 3. The second kappa shape index (κ2) is 8.73. The van der Waals surface area contributed by atoms with Gasteiger partial charge in [-0.1, -0.05) is 60.7 Å². The highest BCUT2D eigenvalue weighted by atomic mass is 16.2. The summed E-state index contributed by atoms with van der Waals surface area (Å²) in [6, 6.07) is 17.4. The number of aromatic nitrogens is 2. The predicted molar refractivity (Wildman–Crippen MR) is 138 cm³/mol. The van der Waals surface area contributed by atoms with Crippen LogP contribution < -0.4 is 10.9 Å². The molecule has 2 aliphatic carbocycles. The molecule has 188 valence electrons. The van der Waals surface area contributed by atoms with Crippen molar-refractivity contribution >= 4 is 23.4 Å². The quantitative estimate of drug-likeness (QED) is 0.420. The number of hydrogen-bond donors (Lipinski definition) is 1. The molecule has 2 heterocycles. The molecule has 1 saturated heterocycles. The zero-order valence-corrected chi connectivity index (χ0v) is 20.7. The first-order chi connectivity index (χ1) is 17.9. The van der Waals surface area contributed by atoms with E-state index in [-0.39, 0.29) is 41.3 Å². The second-order valence-electron chi connectivity index (χ2n) is 10.2.